The average molecular weight is 189 g/mol. The van der Waals surface area contributed by atoms with Gasteiger partial charge in [0.2, 0.25) is 0 Å². The molecule has 1 aromatic heterocycles. The molecule has 0 aliphatic heterocycles. The quantitative estimate of drug-likeness (QED) is 0.727. The molecule has 0 atom stereocenters. The van der Waals surface area contributed by atoms with Crippen molar-refractivity contribution >= 4 is 0 Å². The van der Waals surface area contributed by atoms with E-state index in [-0.39, 0.29) is 0 Å². The van der Waals surface area contributed by atoms with E-state index in [0.717, 1.165) is 12.1 Å². The lowest BCUT2D eigenvalue weighted by molar-refractivity contribution is 0.265. The molecule has 3 nitrogen and oxygen atoms in total. The Kier molecular flexibility index (Phi) is 3.61. The molecule has 0 bridgehead atoms. The van der Waals surface area contributed by atoms with Gasteiger partial charge in [0.25, 0.3) is 0 Å². The van der Waals surface area contributed by atoms with Gasteiger partial charge in [0, 0.05) is 24.3 Å². The molecule has 74 valence electrons. The highest BCUT2D eigenvalue weighted by atomic mass is 15.1. The van der Waals surface area contributed by atoms with Crippen LogP contribution in [0.5, 0.6) is 0 Å². The molecule has 0 saturated heterocycles. The van der Waals surface area contributed by atoms with Crippen LogP contribution in [0.4, 0.5) is 0 Å². The largest absolute Gasteiger partial charge is 0.300 e. The summed E-state index contributed by atoms with van der Waals surface area (Å²) >= 11 is 0. The van der Waals surface area contributed by atoms with Crippen LogP contribution in [0.1, 0.15) is 25.1 Å². The lowest BCUT2D eigenvalue weighted by atomic mass is 10.2. The summed E-state index contributed by atoms with van der Waals surface area (Å²) < 4.78 is 0. The second-order valence-corrected chi connectivity index (χ2v) is 3.63. The Bertz CT molecular complexity index is 339. The molecular weight excluding hydrogens is 174 g/mol. The maximum absolute atomic E-state index is 8.84. The van der Waals surface area contributed by atoms with Crippen molar-refractivity contribution in [2.24, 2.45) is 0 Å². The van der Waals surface area contributed by atoms with Gasteiger partial charge in [-0.25, -0.2) is 4.98 Å². The van der Waals surface area contributed by atoms with E-state index in [4.69, 9.17) is 5.26 Å². The summed E-state index contributed by atoms with van der Waals surface area (Å²) in [5.41, 5.74) is 1.52. The zero-order valence-electron chi connectivity index (χ0n) is 8.86. The Morgan fingerprint density at radius 2 is 2.29 bits per heavy atom. The maximum Gasteiger partial charge on any atom is 0.144 e. The first kappa shape index (κ1) is 10.7. The summed E-state index contributed by atoms with van der Waals surface area (Å²) in [6.45, 7) is 5.03. The zero-order chi connectivity index (χ0) is 10.6. The Hall–Kier alpha value is -1.40. The second-order valence-electron chi connectivity index (χ2n) is 3.63. The van der Waals surface area contributed by atoms with Crippen molar-refractivity contribution in [2.75, 3.05) is 7.05 Å². The molecule has 0 amide bonds. The van der Waals surface area contributed by atoms with Gasteiger partial charge in [-0.15, -0.1) is 0 Å². The number of rotatable bonds is 3. The van der Waals surface area contributed by atoms with Crippen LogP contribution in [0.15, 0.2) is 18.3 Å². The molecule has 3 heteroatoms. The first-order chi connectivity index (χ1) is 6.65. The van der Waals surface area contributed by atoms with Crippen LogP contribution in [0.25, 0.3) is 0 Å². The first-order valence-corrected chi connectivity index (χ1v) is 4.69. The molecule has 0 fully saturated rings. The molecule has 14 heavy (non-hydrogen) atoms. The van der Waals surface area contributed by atoms with Crippen molar-refractivity contribution in [2.45, 2.75) is 26.4 Å². The van der Waals surface area contributed by atoms with Gasteiger partial charge in [-0.05, 0) is 27.0 Å². The van der Waals surface area contributed by atoms with E-state index in [1.165, 1.54) is 0 Å². The summed E-state index contributed by atoms with van der Waals surface area (Å²) in [7, 11) is 2.04. The number of pyridine rings is 1. The number of hydrogen-bond acceptors (Lipinski definition) is 3. The molecule has 0 aromatic carbocycles. The van der Waals surface area contributed by atoms with Gasteiger partial charge in [-0.1, -0.05) is 6.07 Å². The van der Waals surface area contributed by atoms with Crippen LogP contribution in [0.3, 0.4) is 0 Å². The lowest BCUT2D eigenvalue weighted by Gasteiger charge is -2.20. The first-order valence-electron chi connectivity index (χ1n) is 4.69. The topological polar surface area (TPSA) is 39.9 Å². The minimum atomic E-state index is 0.474. The van der Waals surface area contributed by atoms with Crippen LogP contribution in [0, 0.1) is 11.3 Å². The minimum Gasteiger partial charge on any atom is -0.300 e. The summed E-state index contributed by atoms with van der Waals surface area (Å²) in [6.07, 6.45) is 1.65. The molecule has 0 saturated carbocycles. The SMILES string of the molecule is CC(C)N(C)Cc1cccnc1C#N. The molecule has 0 spiro atoms. The summed E-state index contributed by atoms with van der Waals surface area (Å²) in [6, 6.07) is 6.39. The number of aromatic nitrogens is 1. The van der Waals surface area contributed by atoms with E-state index in [1.807, 2.05) is 19.2 Å². The molecule has 0 aliphatic carbocycles. The van der Waals surface area contributed by atoms with Crippen molar-refractivity contribution in [3.8, 4) is 6.07 Å². The third-order valence-electron chi connectivity index (χ3n) is 2.30. The fraction of sp³-hybridized carbons (Fsp3) is 0.455. The van der Waals surface area contributed by atoms with Gasteiger partial charge in [-0.3, -0.25) is 4.90 Å². The van der Waals surface area contributed by atoms with Crippen LogP contribution < -0.4 is 0 Å². The number of nitriles is 1. The van der Waals surface area contributed by atoms with Crippen molar-refractivity contribution in [1.82, 2.24) is 9.88 Å². The fourth-order valence-corrected chi connectivity index (χ4v) is 1.12. The van der Waals surface area contributed by atoms with E-state index < -0.39 is 0 Å². The second kappa shape index (κ2) is 4.73. The Morgan fingerprint density at radius 1 is 1.57 bits per heavy atom. The summed E-state index contributed by atoms with van der Waals surface area (Å²) in [5, 5.41) is 8.84. The molecule has 1 rings (SSSR count). The van der Waals surface area contributed by atoms with Crippen molar-refractivity contribution in [3.63, 3.8) is 0 Å². The highest BCUT2D eigenvalue weighted by Crippen LogP contribution is 2.08. The molecule has 0 aliphatic rings. The molecule has 0 unspecified atom stereocenters. The van der Waals surface area contributed by atoms with Gasteiger partial charge in [0.15, 0.2) is 0 Å². The molecular formula is C11H15N3. The molecule has 1 aromatic rings. The van der Waals surface area contributed by atoms with Gasteiger partial charge in [-0.2, -0.15) is 5.26 Å². The predicted octanol–water partition coefficient (Wildman–Crippen LogP) is 1.79. The normalized spacial score (nSPS) is 10.6. The van der Waals surface area contributed by atoms with E-state index in [1.54, 1.807) is 6.20 Å². The monoisotopic (exact) mass is 189 g/mol. The van der Waals surface area contributed by atoms with E-state index in [2.05, 4.69) is 29.8 Å². The Morgan fingerprint density at radius 3 is 2.86 bits per heavy atom. The standard InChI is InChI=1S/C11H15N3/c1-9(2)14(3)8-10-5-4-6-13-11(10)7-12/h4-6,9H,8H2,1-3H3. The predicted molar refractivity (Wildman–Crippen MR) is 55.6 cm³/mol. The van der Waals surface area contributed by atoms with Gasteiger partial charge < -0.3 is 0 Å². The van der Waals surface area contributed by atoms with Crippen LogP contribution in [-0.4, -0.2) is 23.0 Å². The van der Waals surface area contributed by atoms with Crippen LogP contribution in [0.2, 0.25) is 0 Å². The highest BCUT2D eigenvalue weighted by molar-refractivity contribution is 5.30. The van der Waals surface area contributed by atoms with Crippen molar-refractivity contribution < 1.29 is 0 Å². The van der Waals surface area contributed by atoms with Gasteiger partial charge >= 0.3 is 0 Å². The zero-order valence-corrected chi connectivity index (χ0v) is 8.86. The Labute approximate surface area is 85.0 Å². The highest BCUT2D eigenvalue weighted by Gasteiger charge is 2.07. The lowest BCUT2D eigenvalue weighted by Crippen LogP contribution is -2.26. The van der Waals surface area contributed by atoms with E-state index in [0.29, 0.717) is 11.7 Å². The van der Waals surface area contributed by atoms with Gasteiger partial charge in [0.05, 0.1) is 0 Å². The van der Waals surface area contributed by atoms with E-state index in [9.17, 15) is 0 Å². The maximum atomic E-state index is 8.84. The van der Waals surface area contributed by atoms with E-state index >= 15 is 0 Å². The Balaban J connectivity index is 2.82. The fourth-order valence-electron chi connectivity index (χ4n) is 1.12. The van der Waals surface area contributed by atoms with Crippen molar-refractivity contribution in [3.05, 3.63) is 29.6 Å². The smallest absolute Gasteiger partial charge is 0.144 e. The van der Waals surface area contributed by atoms with Crippen LogP contribution in [-0.2, 0) is 6.54 Å². The molecule has 0 radical (unpaired) electrons. The number of hydrogen-bond donors (Lipinski definition) is 0. The van der Waals surface area contributed by atoms with Gasteiger partial charge in [0.1, 0.15) is 11.8 Å². The summed E-state index contributed by atoms with van der Waals surface area (Å²) in [5.74, 6) is 0. The average Bonchev–Trinajstić information content (AvgIpc) is 2.18. The molecule has 0 N–H and O–H groups in total. The minimum absolute atomic E-state index is 0.474. The van der Waals surface area contributed by atoms with Crippen molar-refractivity contribution in [1.29, 1.82) is 5.26 Å². The third kappa shape index (κ3) is 2.54. The third-order valence-corrected chi connectivity index (χ3v) is 2.30. The summed E-state index contributed by atoms with van der Waals surface area (Å²) in [4.78, 5) is 6.20. The number of nitrogens with zero attached hydrogens (tertiary/aromatic N) is 3. The molecule has 1 heterocycles. The van der Waals surface area contributed by atoms with Crippen LogP contribution >= 0.6 is 0 Å².